The highest BCUT2D eigenvalue weighted by molar-refractivity contribution is 5.72. The Balaban J connectivity index is 1.20. The maximum atomic E-state index is 11.8. The molecule has 3 aromatic rings. The van der Waals surface area contributed by atoms with Crippen LogP contribution in [0.2, 0.25) is 0 Å². The average Bonchev–Trinajstić information content (AvgIpc) is 3.07. The van der Waals surface area contributed by atoms with Crippen LogP contribution >= 0.6 is 0 Å². The van der Waals surface area contributed by atoms with Crippen molar-refractivity contribution in [2.24, 2.45) is 5.92 Å². The number of anilines is 1. The van der Waals surface area contributed by atoms with Crippen molar-refractivity contribution in [1.29, 1.82) is 0 Å². The number of aromatic nitrogens is 1. The summed E-state index contributed by atoms with van der Waals surface area (Å²) in [6, 6.07) is 17.1. The monoisotopic (exact) mass is 615 g/mol. The van der Waals surface area contributed by atoms with E-state index in [9.17, 15) is 9.90 Å². The first kappa shape index (κ1) is 31.3. The number of benzene rings is 2. The third-order valence-electron chi connectivity index (χ3n) is 9.50. The minimum atomic E-state index is -0.801. The molecule has 0 saturated carbocycles. The summed E-state index contributed by atoms with van der Waals surface area (Å²) in [5, 5.41) is 9.68. The van der Waals surface area contributed by atoms with Gasteiger partial charge in [0.2, 0.25) is 0 Å². The summed E-state index contributed by atoms with van der Waals surface area (Å²) in [5.41, 5.74) is 6.49. The minimum Gasteiger partial charge on any atom is -0.496 e. The number of nitrogens with zero attached hydrogens (tertiary/aromatic N) is 3. The molecule has 1 aromatic heterocycles. The predicted octanol–water partition coefficient (Wildman–Crippen LogP) is 5.50. The lowest BCUT2D eigenvalue weighted by Gasteiger charge is -2.38. The van der Waals surface area contributed by atoms with Crippen LogP contribution in [0.5, 0.6) is 11.5 Å². The highest BCUT2D eigenvalue weighted by Crippen LogP contribution is 2.36. The van der Waals surface area contributed by atoms with Crippen molar-refractivity contribution in [2.75, 3.05) is 51.5 Å². The Labute approximate surface area is 266 Å². The molecule has 0 amide bonds. The Morgan fingerprint density at radius 1 is 1.09 bits per heavy atom. The van der Waals surface area contributed by atoms with Crippen LogP contribution in [0.4, 0.5) is 5.82 Å². The Kier molecular flexibility index (Phi) is 9.88. The molecule has 4 heterocycles. The quantitative estimate of drug-likeness (QED) is 0.318. The van der Waals surface area contributed by atoms with E-state index in [-0.39, 0.29) is 6.10 Å². The lowest BCUT2D eigenvalue weighted by molar-refractivity contribution is -0.148. The summed E-state index contributed by atoms with van der Waals surface area (Å²) in [6.07, 6.45) is 3.33. The van der Waals surface area contributed by atoms with Crippen LogP contribution < -0.4 is 14.4 Å². The zero-order valence-corrected chi connectivity index (χ0v) is 26.7. The molecule has 3 aliphatic heterocycles. The van der Waals surface area contributed by atoms with Crippen LogP contribution in [0.25, 0.3) is 11.3 Å². The number of carbonyl (C=O) groups is 1. The molecule has 1 N–H and O–H groups in total. The van der Waals surface area contributed by atoms with Gasteiger partial charge >= 0.3 is 5.97 Å². The number of methoxy groups -OCH3 is 1. The molecule has 3 aliphatic rings. The third-order valence-corrected chi connectivity index (χ3v) is 9.50. The molecule has 2 fully saturated rings. The highest BCUT2D eigenvalue weighted by atomic mass is 16.5. The van der Waals surface area contributed by atoms with Crippen LogP contribution in [-0.2, 0) is 33.8 Å². The van der Waals surface area contributed by atoms with Gasteiger partial charge in [-0.25, -0.2) is 4.98 Å². The van der Waals surface area contributed by atoms with E-state index >= 15 is 0 Å². The van der Waals surface area contributed by atoms with Gasteiger partial charge in [-0.05, 0) is 80.5 Å². The second-order valence-electron chi connectivity index (χ2n) is 12.3. The number of aliphatic carboxylic acids is 1. The first-order valence-electron chi connectivity index (χ1n) is 16.2. The summed E-state index contributed by atoms with van der Waals surface area (Å²) >= 11 is 0. The van der Waals surface area contributed by atoms with Gasteiger partial charge in [0.1, 0.15) is 23.9 Å². The van der Waals surface area contributed by atoms with Gasteiger partial charge in [-0.2, -0.15) is 0 Å². The summed E-state index contributed by atoms with van der Waals surface area (Å²) < 4.78 is 23.9. The predicted molar refractivity (Wildman–Crippen MR) is 173 cm³/mol. The van der Waals surface area contributed by atoms with Gasteiger partial charge in [-0.1, -0.05) is 24.3 Å². The Bertz CT molecular complexity index is 1470. The molecule has 6 rings (SSSR count). The van der Waals surface area contributed by atoms with Gasteiger partial charge in [0, 0.05) is 63.2 Å². The van der Waals surface area contributed by atoms with E-state index in [2.05, 4.69) is 34.9 Å². The zero-order valence-electron chi connectivity index (χ0n) is 26.7. The van der Waals surface area contributed by atoms with Crippen LogP contribution in [0, 0.1) is 12.8 Å². The van der Waals surface area contributed by atoms with Gasteiger partial charge in [0.15, 0.2) is 0 Å². The molecule has 2 aromatic carbocycles. The number of carboxylic acids is 1. The van der Waals surface area contributed by atoms with E-state index in [1.807, 2.05) is 37.3 Å². The second kappa shape index (κ2) is 14.2. The maximum absolute atomic E-state index is 11.8. The zero-order chi connectivity index (χ0) is 31.3. The first-order chi connectivity index (χ1) is 21.9. The molecule has 240 valence electrons. The fourth-order valence-corrected chi connectivity index (χ4v) is 7.08. The largest absolute Gasteiger partial charge is 0.496 e. The van der Waals surface area contributed by atoms with Crippen molar-refractivity contribution in [3.05, 3.63) is 70.8 Å². The topological polar surface area (TPSA) is 93.6 Å². The smallest absolute Gasteiger partial charge is 0.309 e. The maximum Gasteiger partial charge on any atom is 0.309 e. The van der Waals surface area contributed by atoms with E-state index < -0.39 is 11.9 Å². The molecule has 2 atom stereocenters. The van der Waals surface area contributed by atoms with E-state index in [0.29, 0.717) is 38.8 Å². The number of carboxylic acid groups (broad SMARTS) is 1. The number of para-hydroxylation sites is 1. The molecule has 9 nitrogen and oxygen atoms in total. The Morgan fingerprint density at radius 2 is 1.91 bits per heavy atom. The molecule has 2 saturated heterocycles. The van der Waals surface area contributed by atoms with Crippen molar-refractivity contribution < 1.29 is 28.8 Å². The molecular weight excluding hydrogens is 570 g/mol. The third kappa shape index (κ3) is 6.95. The van der Waals surface area contributed by atoms with Crippen LogP contribution in [0.1, 0.15) is 48.4 Å². The molecular formula is C36H45N3O6. The summed E-state index contributed by atoms with van der Waals surface area (Å²) in [5.74, 6) is 1.24. The summed E-state index contributed by atoms with van der Waals surface area (Å²) in [4.78, 5) is 21.5. The fourth-order valence-electron chi connectivity index (χ4n) is 7.08. The molecule has 0 radical (unpaired) electrons. The number of fused-ring (bicyclic) bond motifs is 1. The summed E-state index contributed by atoms with van der Waals surface area (Å²) in [7, 11) is 1.76. The number of hydrogen-bond acceptors (Lipinski definition) is 8. The molecule has 9 heteroatoms. The fraction of sp³-hybridized carbons (Fsp3) is 0.500. The average molecular weight is 616 g/mol. The number of hydrogen-bond donors (Lipinski definition) is 1. The van der Waals surface area contributed by atoms with Crippen LogP contribution in [-0.4, -0.2) is 79.7 Å². The van der Waals surface area contributed by atoms with Gasteiger partial charge in [0.05, 0.1) is 24.8 Å². The van der Waals surface area contributed by atoms with Crippen molar-refractivity contribution >= 4 is 11.8 Å². The lowest BCUT2D eigenvalue weighted by Crippen LogP contribution is -2.48. The van der Waals surface area contributed by atoms with Crippen molar-refractivity contribution in [1.82, 2.24) is 9.88 Å². The molecule has 0 spiro atoms. The Hall–Kier alpha value is -3.66. The number of ether oxygens (including phenoxy) is 4. The Morgan fingerprint density at radius 3 is 2.69 bits per heavy atom. The lowest BCUT2D eigenvalue weighted by atomic mass is 9.93. The van der Waals surface area contributed by atoms with Gasteiger partial charge in [-0.3, -0.25) is 9.69 Å². The van der Waals surface area contributed by atoms with Gasteiger partial charge in [0.25, 0.3) is 0 Å². The van der Waals surface area contributed by atoms with Gasteiger partial charge < -0.3 is 29.0 Å². The van der Waals surface area contributed by atoms with E-state index in [1.54, 1.807) is 7.11 Å². The normalized spacial score (nSPS) is 20.9. The number of aryl methyl sites for hydroxylation is 1. The number of rotatable bonds is 10. The minimum absolute atomic E-state index is 0.372. The van der Waals surface area contributed by atoms with Crippen molar-refractivity contribution in [3.8, 4) is 22.8 Å². The van der Waals surface area contributed by atoms with Crippen LogP contribution in [0.15, 0.2) is 48.5 Å². The highest BCUT2D eigenvalue weighted by Gasteiger charge is 2.35. The van der Waals surface area contributed by atoms with Crippen molar-refractivity contribution in [2.45, 2.75) is 64.8 Å². The van der Waals surface area contributed by atoms with Crippen LogP contribution in [0.3, 0.4) is 0 Å². The molecule has 0 bridgehead atoms. The van der Waals surface area contributed by atoms with Gasteiger partial charge in [-0.15, -0.1) is 0 Å². The molecule has 0 aliphatic carbocycles. The number of piperidine rings is 1. The van der Waals surface area contributed by atoms with E-state index in [1.165, 1.54) is 11.1 Å². The number of pyridine rings is 1. The SMILES string of the molecule is CCO[C@H]1CN(c2cccc(-c3cccc(C)c3OCc3cc4c(c(OC)c3)CN(C3CCOCC3)CC4)n2)CC[C@H]1C(=O)O. The van der Waals surface area contributed by atoms with Crippen molar-refractivity contribution in [3.63, 3.8) is 0 Å². The first-order valence-corrected chi connectivity index (χ1v) is 16.2. The van der Waals surface area contributed by atoms with E-state index in [0.717, 1.165) is 85.3 Å². The standard InChI is InChI=1S/C36H45N3O6/c1-4-44-33-22-39(16-12-29(33)36(40)41)34-10-6-9-31(37-34)28-8-5-7-24(2)35(28)45-23-25-19-26-11-15-38(27-13-17-43-18-14-27)21-30(26)32(20-25)42-3/h5-10,19-20,27,29,33H,4,11-18,21-23H2,1-3H3,(H,40,41)/t29-,33+/m1/s1. The summed E-state index contributed by atoms with van der Waals surface area (Å²) in [6.45, 7) is 9.62. The van der Waals surface area contributed by atoms with E-state index in [4.69, 9.17) is 23.9 Å². The molecule has 45 heavy (non-hydrogen) atoms. The second-order valence-corrected chi connectivity index (χ2v) is 12.3. The molecule has 0 unspecified atom stereocenters.